The Kier molecular flexibility index (Phi) is 4.89. The van der Waals surface area contributed by atoms with Crippen molar-refractivity contribution in [3.63, 3.8) is 0 Å². The van der Waals surface area contributed by atoms with Crippen LogP contribution in [0.1, 0.15) is 31.4 Å². The zero-order chi connectivity index (χ0) is 18.1. The van der Waals surface area contributed by atoms with Gasteiger partial charge in [-0.1, -0.05) is 18.2 Å². The second-order valence-electron chi connectivity index (χ2n) is 5.89. The van der Waals surface area contributed by atoms with Gasteiger partial charge in [-0.2, -0.15) is 8.78 Å². The number of thiocarbonyl (C=S) groups is 1. The summed E-state index contributed by atoms with van der Waals surface area (Å²) in [6.45, 7) is -1.17. The highest BCUT2D eigenvalue weighted by molar-refractivity contribution is 7.80. The number of hydrogen-bond donors (Lipinski definition) is 1. The van der Waals surface area contributed by atoms with Crippen LogP contribution in [0.2, 0.25) is 0 Å². The van der Waals surface area contributed by atoms with Gasteiger partial charge in [0.05, 0.1) is 18.7 Å². The van der Waals surface area contributed by atoms with Gasteiger partial charge >= 0.3 is 12.6 Å². The van der Waals surface area contributed by atoms with E-state index in [0.717, 1.165) is 12.8 Å². The zero-order valence-corrected chi connectivity index (χ0v) is 14.6. The van der Waals surface area contributed by atoms with Gasteiger partial charge in [0.15, 0.2) is 5.11 Å². The molecule has 25 heavy (non-hydrogen) atoms. The minimum absolute atomic E-state index is 0.00752. The maximum atomic E-state index is 12.7. The molecule has 5 nitrogen and oxygen atoms in total. The number of rotatable bonds is 5. The monoisotopic (exact) mass is 368 g/mol. The van der Waals surface area contributed by atoms with E-state index in [4.69, 9.17) is 17.0 Å². The number of carbonyl (C=O) groups excluding carboxylic acids is 1. The van der Waals surface area contributed by atoms with Crippen molar-refractivity contribution in [2.24, 2.45) is 0 Å². The molecule has 0 bridgehead atoms. The molecule has 3 rings (SSSR count). The van der Waals surface area contributed by atoms with Crippen LogP contribution in [0.25, 0.3) is 0 Å². The molecular formula is C17H18F2N2O3S. The third-order valence-electron chi connectivity index (χ3n) is 4.29. The molecule has 1 aliphatic carbocycles. The van der Waals surface area contributed by atoms with Gasteiger partial charge in [-0.05, 0) is 38.0 Å². The van der Waals surface area contributed by atoms with Gasteiger partial charge in [-0.15, -0.1) is 0 Å². The van der Waals surface area contributed by atoms with Crippen LogP contribution < -0.4 is 10.1 Å². The van der Waals surface area contributed by atoms with E-state index in [2.05, 4.69) is 10.1 Å². The molecule has 1 N–H and O–H groups in total. The number of nitrogens with one attached hydrogen (secondary N) is 1. The first kappa shape index (κ1) is 17.6. The number of para-hydroxylation sites is 1. The maximum Gasteiger partial charge on any atom is 0.387 e. The van der Waals surface area contributed by atoms with Crippen LogP contribution >= 0.6 is 12.2 Å². The molecule has 0 saturated heterocycles. The molecule has 0 spiro atoms. The van der Waals surface area contributed by atoms with E-state index >= 15 is 0 Å². The summed E-state index contributed by atoms with van der Waals surface area (Å²) >= 11 is 5.44. The average Bonchev–Trinajstić information content (AvgIpc) is 3.38. The number of ether oxygens (including phenoxy) is 2. The highest BCUT2D eigenvalue weighted by Crippen LogP contribution is 2.40. The highest BCUT2D eigenvalue weighted by atomic mass is 32.1. The van der Waals surface area contributed by atoms with Crippen LogP contribution in [0.15, 0.2) is 35.5 Å². The van der Waals surface area contributed by atoms with Crippen molar-refractivity contribution in [3.8, 4) is 5.75 Å². The van der Waals surface area contributed by atoms with Crippen molar-refractivity contribution >= 4 is 23.3 Å². The molecule has 0 aromatic heterocycles. The minimum atomic E-state index is -2.97. The van der Waals surface area contributed by atoms with E-state index in [0.29, 0.717) is 21.9 Å². The SMILES string of the molecule is COC(=O)C1=C(C)N(C2CC2)C(=S)N[C@H]1c1ccccc1OC(F)F. The minimum Gasteiger partial charge on any atom is -0.466 e. The second-order valence-corrected chi connectivity index (χ2v) is 6.28. The van der Waals surface area contributed by atoms with E-state index in [1.807, 2.05) is 4.90 Å². The van der Waals surface area contributed by atoms with Gasteiger partial charge in [-0.25, -0.2) is 4.79 Å². The zero-order valence-electron chi connectivity index (χ0n) is 13.8. The molecule has 134 valence electrons. The second kappa shape index (κ2) is 6.95. The van der Waals surface area contributed by atoms with Crippen LogP contribution in [0.3, 0.4) is 0 Å². The topological polar surface area (TPSA) is 50.8 Å². The number of carbonyl (C=O) groups is 1. The van der Waals surface area contributed by atoms with Crippen LogP contribution in [-0.2, 0) is 9.53 Å². The van der Waals surface area contributed by atoms with Crippen LogP contribution in [-0.4, -0.2) is 35.7 Å². The summed E-state index contributed by atoms with van der Waals surface area (Å²) in [4.78, 5) is 14.3. The molecular weight excluding hydrogens is 350 g/mol. The van der Waals surface area contributed by atoms with Gasteiger partial charge in [-0.3, -0.25) is 0 Å². The summed E-state index contributed by atoms with van der Waals surface area (Å²) in [6, 6.07) is 5.88. The fourth-order valence-corrected chi connectivity index (χ4v) is 3.46. The maximum absolute atomic E-state index is 12.7. The Morgan fingerprint density at radius 3 is 2.64 bits per heavy atom. The van der Waals surface area contributed by atoms with Crippen LogP contribution in [0.5, 0.6) is 5.75 Å². The first-order chi connectivity index (χ1) is 11.9. The van der Waals surface area contributed by atoms with E-state index in [1.54, 1.807) is 25.1 Å². The molecule has 0 radical (unpaired) electrons. The molecule has 1 saturated carbocycles. The molecule has 2 aliphatic rings. The molecule has 0 amide bonds. The predicted octanol–water partition coefficient (Wildman–Crippen LogP) is 3.13. The Morgan fingerprint density at radius 2 is 2.04 bits per heavy atom. The number of alkyl halides is 2. The Morgan fingerprint density at radius 1 is 1.36 bits per heavy atom. The Bertz CT molecular complexity index is 734. The average molecular weight is 368 g/mol. The largest absolute Gasteiger partial charge is 0.466 e. The third-order valence-corrected chi connectivity index (χ3v) is 4.60. The van der Waals surface area contributed by atoms with Gasteiger partial charge in [0.25, 0.3) is 0 Å². The van der Waals surface area contributed by atoms with Crippen molar-refractivity contribution in [1.29, 1.82) is 0 Å². The third kappa shape index (κ3) is 3.44. The number of esters is 1. The fourth-order valence-electron chi connectivity index (χ4n) is 3.06. The molecule has 1 fully saturated rings. The van der Waals surface area contributed by atoms with E-state index in [-0.39, 0.29) is 11.8 Å². The summed E-state index contributed by atoms with van der Waals surface area (Å²) in [5.41, 5.74) is 1.42. The first-order valence-electron chi connectivity index (χ1n) is 7.86. The van der Waals surface area contributed by atoms with Crippen molar-refractivity contribution in [3.05, 3.63) is 41.1 Å². The number of allylic oxidation sites excluding steroid dienone is 1. The number of hydrogen-bond acceptors (Lipinski definition) is 4. The van der Waals surface area contributed by atoms with Gasteiger partial charge in [0.1, 0.15) is 5.75 Å². The van der Waals surface area contributed by atoms with E-state index in [1.165, 1.54) is 13.2 Å². The van der Waals surface area contributed by atoms with Crippen molar-refractivity contribution in [1.82, 2.24) is 10.2 Å². The summed E-state index contributed by atoms with van der Waals surface area (Å²) in [6.07, 6.45) is 1.98. The molecule has 0 unspecified atom stereocenters. The molecule has 1 aromatic rings. The van der Waals surface area contributed by atoms with Crippen molar-refractivity contribution < 1.29 is 23.0 Å². The Labute approximate surface area is 149 Å². The standard InChI is InChI=1S/C17H18F2N2O3S/c1-9-13(15(22)23-2)14(20-17(25)21(9)10-7-8-10)11-5-3-4-6-12(11)24-16(18)19/h3-6,10,14,16H,7-8H2,1-2H3,(H,20,25)/t14-/m0/s1. The molecule has 1 heterocycles. The molecule has 1 atom stereocenters. The van der Waals surface area contributed by atoms with E-state index in [9.17, 15) is 13.6 Å². The summed E-state index contributed by atoms with van der Waals surface area (Å²) in [5.74, 6) is -0.540. The fraction of sp³-hybridized carbons (Fsp3) is 0.412. The van der Waals surface area contributed by atoms with Gasteiger partial charge in [0.2, 0.25) is 0 Å². The lowest BCUT2D eigenvalue weighted by molar-refractivity contribution is -0.136. The Hall–Kier alpha value is -2.22. The van der Waals surface area contributed by atoms with Crippen molar-refractivity contribution in [2.75, 3.05) is 7.11 Å². The molecule has 8 heteroatoms. The normalized spacial score (nSPS) is 20.6. The Balaban J connectivity index is 2.08. The first-order valence-corrected chi connectivity index (χ1v) is 8.27. The van der Waals surface area contributed by atoms with Crippen LogP contribution in [0, 0.1) is 0 Å². The van der Waals surface area contributed by atoms with Crippen LogP contribution in [0.4, 0.5) is 8.78 Å². The van der Waals surface area contributed by atoms with Gasteiger partial charge in [0, 0.05) is 17.3 Å². The number of nitrogens with zero attached hydrogens (tertiary/aromatic N) is 1. The van der Waals surface area contributed by atoms with Crippen molar-refractivity contribution in [2.45, 2.75) is 38.5 Å². The molecule has 1 aromatic carbocycles. The number of methoxy groups -OCH3 is 1. The highest BCUT2D eigenvalue weighted by Gasteiger charge is 2.41. The smallest absolute Gasteiger partial charge is 0.387 e. The molecule has 1 aliphatic heterocycles. The number of halogens is 2. The quantitative estimate of drug-likeness (QED) is 0.637. The van der Waals surface area contributed by atoms with E-state index < -0.39 is 18.6 Å². The summed E-state index contributed by atoms with van der Waals surface area (Å²) in [5, 5.41) is 3.55. The summed E-state index contributed by atoms with van der Waals surface area (Å²) in [7, 11) is 1.29. The lowest BCUT2D eigenvalue weighted by atomic mass is 9.94. The van der Waals surface area contributed by atoms with Gasteiger partial charge < -0.3 is 19.7 Å². The lowest BCUT2D eigenvalue weighted by Gasteiger charge is -2.38. The predicted molar refractivity (Wildman–Crippen MR) is 91.1 cm³/mol. The summed E-state index contributed by atoms with van der Waals surface area (Å²) < 4.78 is 35.0. The lowest BCUT2D eigenvalue weighted by Crippen LogP contribution is -2.48. The number of benzene rings is 1.